The summed E-state index contributed by atoms with van der Waals surface area (Å²) in [5, 5.41) is 17.3. The zero-order chi connectivity index (χ0) is 11.5. The predicted octanol–water partition coefficient (Wildman–Crippen LogP) is 0.0172. The molecule has 0 amide bonds. The second kappa shape index (κ2) is 12.3. The molecule has 0 aromatic carbocycles. The maximum absolute atomic E-state index is 4.86. The molecule has 0 aliphatic heterocycles. The molecule has 1 N–H and O–H groups in total. The number of ether oxygens (including phenoxy) is 1. The Morgan fingerprint density at radius 3 is 2.31 bits per heavy atom. The molecule has 0 unspecified atom stereocenters. The van der Waals surface area contributed by atoms with Crippen molar-refractivity contribution in [1.82, 2.24) is 5.32 Å². The van der Waals surface area contributed by atoms with Gasteiger partial charge in [-0.25, -0.2) is 0 Å². The van der Waals surface area contributed by atoms with Gasteiger partial charge >= 0.3 is 17.1 Å². The van der Waals surface area contributed by atoms with Gasteiger partial charge in [-0.15, -0.1) is 5.10 Å². The van der Waals surface area contributed by atoms with Crippen LogP contribution in [0.1, 0.15) is 6.92 Å². The molecule has 0 spiro atoms. The minimum absolute atomic E-state index is 0. The maximum Gasteiger partial charge on any atom is 2.00 e. The zero-order valence-corrected chi connectivity index (χ0v) is 11.3. The van der Waals surface area contributed by atoms with Crippen LogP contribution in [0.15, 0.2) is 20.4 Å². The summed E-state index contributed by atoms with van der Waals surface area (Å²) in [6, 6.07) is 0. The van der Waals surface area contributed by atoms with E-state index in [9.17, 15) is 0 Å². The van der Waals surface area contributed by atoms with Crippen LogP contribution in [0.3, 0.4) is 0 Å². The van der Waals surface area contributed by atoms with E-state index in [1.54, 1.807) is 7.05 Å². The first kappa shape index (κ1) is 17.6. The van der Waals surface area contributed by atoms with Crippen LogP contribution in [0.25, 0.3) is 0 Å². The molecule has 9 heteroatoms. The fraction of sp³-hybridized carbons (Fsp3) is 0.429. The van der Waals surface area contributed by atoms with E-state index in [1.165, 1.54) is 12.4 Å². The number of rotatable bonds is 4. The van der Waals surface area contributed by atoms with Crippen molar-refractivity contribution < 1.29 is 21.8 Å². The van der Waals surface area contributed by atoms with Crippen molar-refractivity contribution in [2.45, 2.75) is 6.92 Å². The first-order valence-electron chi connectivity index (χ1n) is 4.06. The molecule has 93 valence electrons. The topological polar surface area (TPSA) is 70.7 Å². The van der Waals surface area contributed by atoms with Gasteiger partial charge in [-0.2, -0.15) is 15.3 Å². The molecule has 0 saturated carbocycles. The van der Waals surface area contributed by atoms with Gasteiger partial charge in [-0.1, -0.05) is 0 Å². The van der Waals surface area contributed by atoms with E-state index >= 15 is 0 Å². The summed E-state index contributed by atoms with van der Waals surface area (Å²) in [6.07, 6.45) is 2.66. The molecule has 1 radical (unpaired) electrons. The Morgan fingerprint density at radius 2 is 1.81 bits per heavy atom. The van der Waals surface area contributed by atoms with Crippen LogP contribution in [0.2, 0.25) is 0 Å². The van der Waals surface area contributed by atoms with Crippen molar-refractivity contribution in [2.75, 3.05) is 13.7 Å². The van der Waals surface area contributed by atoms with Crippen LogP contribution in [-0.2, 0) is 47.1 Å². The van der Waals surface area contributed by atoms with Gasteiger partial charge in [-0.3, -0.25) is 0 Å². The molecular formula is C7H11CuN5OS2. The largest absolute Gasteiger partial charge is 2.00 e. The molecule has 0 rings (SSSR count). The van der Waals surface area contributed by atoms with Gasteiger partial charge in [0.1, 0.15) is 0 Å². The quantitative estimate of drug-likeness (QED) is 0.261. The van der Waals surface area contributed by atoms with Crippen LogP contribution in [0, 0.1) is 0 Å². The third-order valence-electron chi connectivity index (χ3n) is 0.970. The van der Waals surface area contributed by atoms with Gasteiger partial charge < -0.3 is 35.3 Å². The number of amidine groups is 1. The van der Waals surface area contributed by atoms with Gasteiger partial charge in [0, 0.05) is 7.05 Å². The number of hydrogen-bond donors (Lipinski definition) is 1. The fourth-order valence-corrected chi connectivity index (χ4v) is 0.640. The van der Waals surface area contributed by atoms with Crippen LogP contribution in [0.4, 0.5) is 0 Å². The Kier molecular flexibility index (Phi) is 13.6. The van der Waals surface area contributed by atoms with Crippen LogP contribution < -0.4 is 5.32 Å². The Balaban J connectivity index is 0. The molecule has 6 nitrogen and oxygen atoms in total. The van der Waals surface area contributed by atoms with E-state index in [0.29, 0.717) is 11.8 Å². The second-order valence-electron chi connectivity index (χ2n) is 1.98. The van der Waals surface area contributed by atoms with Crippen molar-refractivity contribution in [3.8, 4) is 0 Å². The average molecular weight is 309 g/mol. The monoisotopic (exact) mass is 308 g/mol. The van der Waals surface area contributed by atoms with Crippen molar-refractivity contribution in [1.29, 1.82) is 0 Å². The molecular weight excluding hydrogens is 298 g/mol. The molecule has 0 atom stereocenters. The van der Waals surface area contributed by atoms with Crippen molar-refractivity contribution in [2.24, 2.45) is 20.4 Å². The summed E-state index contributed by atoms with van der Waals surface area (Å²) in [7, 11) is 1.66. The number of hydrogen-bond acceptors (Lipinski definition) is 7. The second-order valence-corrected chi connectivity index (χ2v) is 2.72. The molecule has 0 bridgehead atoms. The summed E-state index contributed by atoms with van der Waals surface area (Å²) < 4.78 is 4.86. The van der Waals surface area contributed by atoms with E-state index in [-0.39, 0.29) is 22.3 Å². The standard InChI is InChI=1S/C7H13N5OS2.Cu/c1-3-13-7(15)12-10-5-4-9-11-6(14)8-2;/h4-5H,3H2,1-2H3,(H,12,15)(H2,8,11,14);/q;+2/p-2. The average Bonchev–Trinajstić information content (AvgIpc) is 2.23. The summed E-state index contributed by atoms with van der Waals surface area (Å²) in [6.45, 7) is 2.28. The third kappa shape index (κ3) is 11.3. The minimum atomic E-state index is 0. The number of nitrogens with zero attached hydrogens (tertiary/aromatic N) is 4. The fourth-order valence-electron chi connectivity index (χ4n) is 0.428. The Morgan fingerprint density at radius 1 is 1.25 bits per heavy atom. The van der Waals surface area contributed by atoms with Gasteiger partial charge in [0.25, 0.3) is 0 Å². The predicted molar refractivity (Wildman–Crippen MR) is 67.3 cm³/mol. The van der Waals surface area contributed by atoms with Gasteiger partial charge in [-0.05, 0) is 12.1 Å². The van der Waals surface area contributed by atoms with E-state index in [4.69, 9.17) is 30.0 Å². The van der Waals surface area contributed by atoms with Gasteiger partial charge in [0.05, 0.1) is 24.3 Å². The molecule has 0 aromatic heterocycles. The SMILES string of the molecule is CCOC([S-])=NN=CC=NN=C([S-])NC.[Cu+2]. The van der Waals surface area contributed by atoms with Crippen LogP contribution in [0.5, 0.6) is 0 Å². The Labute approximate surface area is 116 Å². The first-order valence-corrected chi connectivity index (χ1v) is 4.87. The van der Waals surface area contributed by atoms with Crippen molar-refractivity contribution >= 4 is 48.1 Å². The summed E-state index contributed by atoms with van der Waals surface area (Å²) in [4.78, 5) is 0. The van der Waals surface area contributed by atoms with E-state index in [1.807, 2.05) is 6.92 Å². The molecule has 0 saturated heterocycles. The van der Waals surface area contributed by atoms with E-state index in [2.05, 4.69) is 25.7 Å². The van der Waals surface area contributed by atoms with Crippen molar-refractivity contribution in [3.05, 3.63) is 0 Å². The molecule has 0 aliphatic carbocycles. The van der Waals surface area contributed by atoms with E-state index < -0.39 is 0 Å². The van der Waals surface area contributed by atoms with E-state index in [0.717, 1.165) is 0 Å². The Hall–Kier alpha value is -0.761. The van der Waals surface area contributed by atoms with Gasteiger partial charge in [0.15, 0.2) is 0 Å². The normalized spacial score (nSPS) is 12.9. The molecule has 0 fully saturated rings. The third-order valence-corrected chi connectivity index (χ3v) is 1.45. The Bertz CT molecular complexity index is 293. The molecule has 0 heterocycles. The summed E-state index contributed by atoms with van der Waals surface area (Å²) >= 11 is 9.40. The molecule has 0 aliphatic rings. The van der Waals surface area contributed by atoms with Crippen LogP contribution >= 0.6 is 0 Å². The molecule has 16 heavy (non-hydrogen) atoms. The van der Waals surface area contributed by atoms with Crippen LogP contribution in [-0.4, -0.2) is 36.5 Å². The smallest absolute Gasteiger partial charge is 0.741 e. The van der Waals surface area contributed by atoms with Crippen molar-refractivity contribution in [3.63, 3.8) is 0 Å². The zero-order valence-electron chi connectivity index (χ0n) is 8.68. The molecule has 0 aromatic rings. The summed E-state index contributed by atoms with van der Waals surface area (Å²) in [5.74, 6) is 0. The number of nitrogens with one attached hydrogen (secondary N) is 1. The first-order chi connectivity index (χ1) is 7.20. The maximum atomic E-state index is 4.86. The minimum Gasteiger partial charge on any atom is -0.741 e. The van der Waals surface area contributed by atoms with Gasteiger partial charge in [0.2, 0.25) is 0 Å². The summed E-state index contributed by atoms with van der Waals surface area (Å²) in [5.41, 5.74) is 0.